The molecular weight excluding hydrogens is 410 g/mol. The predicted octanol–water partition coefficient (Wildman–Crippen LogP) is 4.84. The number of nitrogens with zero attached hydrogens (tertiary/aromatic N) is 1. The van der Waals surface area contributed by atoms with Crippen molar-refractivity contribution in [2.24, 2.45) is 4.99 Å². The Morgan fingerprint density at radius 3 is 2.43 bits per heavy atom. The largest absolute Gasteiger partial charge is 0.395 e. The van der Waals surface area contributed by atoms with E-state index >= 15 is 0 Å². The Labute approximate surface area is 189 Å². The molecule has 2 aromatic rings. The fraction of sp³-hybridized carbons (Fsp3) is 0.458. The number of aryl methyl sites for hydroxylation is 2. The van der Waals surface area contributed by atoms with E-state index in [0.717, 1.165) is 18.7 Å². The first-order chi connectivity index (χ1) is 14.7. The van der Waals surface area contributed by atoms with E-state index in [1.807, 2.05) is 0 Å². The van der Waals surface area contributed by atoms with E-state index in [0.29, 0.717) is 12.6 Å². The molecular formula is C24H31N3OS2. The minimum atomic E-state index is 0.193. The minimum absolute atomic E-state index is 0.193. The van der Waals surface area contributed by atoms with Crippen LogP contribution in [0.5, 0.6) is 0 Å². The molecule has 0 amide bonds. The molecule has 0 heterocycles. The number of nitrogens with one attached hydrogen (secondary N) is 2. The minimum Gasteiger partial charge on any atom is -0.395 e. The molecule has 3 N–H and O–H groups in total. The van der Waals surface area contributed by atoms with Gasteiger partial charge in [-0.15, -0.1) is 0 Å². The maximum Gasteiger partial charge on any atom is 0.0858 e. The first kappa shape index (κ1) is 23.1. The van der Waals surface area contributed by atoms with Crippen molar-refractivity contribution in [3.05, 3.63) is 69.8 Å². The summed E-state index contributed by atoms with van der Waals surface area (Å²) in [7, 11) is 0. The lowest BCUT2D eigenvalue weighted by Crippen LogP contribution is -2.22. The van der Waals surface area contributed by atoms with Gasteiger partial charge in [-0.3, -0.25) is 10.0 Å². The number of aliphatic imine (C=N–C) groups is 1. The van der Waals surface area contributed by atoms with Crippen molar-refractivity contribution < 1.29 is 5.11 Å². The zero-order valence-electron chi connectivity index (χ0n) is 17.8. The van der Waals surface area contributed by atoms with Crippen LogP contribution in [0.2, 0.25) is 0 Å². The monoisotopic (exact) mass is 441 g/mol. The molecule has 6 heteroatoms. The van der Waals surface area contributed by atoms with Gasteiger partial charge in [0.25, 0.3) is 0 Å². The normalized spacial score (nSPS) is 18.8. The van der Waals surface area contributed by atoms with Gasteiger partial charge in [-0.05, 0) is 85.1 Å². The second-order valence-electron chi connectivity index (χ2n) is 7.76. The Balaban J connectivity index is 0.000000177. The first-order valence-corrected chi connectivity index (χ1v) is 12.0. The Morgan fingerprint density at radius 2 is 1.73 bits per heavy atom. The van der Waals surface area contributed by atoms with Gasteiger partial charge in [0.2, 0.25) is 0 Å². The zero-order chi connectivity index (χ0) is 21.3. The summed E-state index contributed by atoms with van der Waals surface area (Å²) in [6, 6.07) is 13.7. The second-order valence-corrected chi connectivity index (χ2v) is 8.81. The lowest BCUT2D eigenvalue weighted by molar-refractivity contribution is 0.302. The third-order valence-electron chi connectivity index (χ3n) is 5.90. The molecule has 2 aromatic carbocycles. The van der Waals surface area contributed by atoms with Gasteiger partial charge in [-0.25, -0.2) is 4.99 Å². The van der Waals surface area contributed by atoms with Crippen molar-refractivity contribution in [2.75, 3.05) is 19.0 Å². The van der Waals surface area contributed by atoms with E-state index < -0.39 is 0 Å². The van der Waals surface area contributed by atoms with Crippen LogP contribution in [0.3, 0.4) is 0 Å². The van der Waals surface area contributed by atoms with Gasteiger partial charge < -0.3 is 5.11 Å². The topological polar surface area (TPSA) is 56.7 Å². The molecule has 0 saturated carbocycles. The summed E-state index contributed by atoms with van der Waals surface area (Å²) in [4.78, 5) is 4.17. The standard InChI is InChI=1S/C13H20N2OS.C11H11NS/c1-10-3-2-4-12-11(10)5-6-13(12)14-9-17-15-7-8-16;1-8-3-2-4-10-9(8)5-6-11(10)12-7-13/h2-4,13-16H,5-9H2,1H3;2-4,11H,5-6H2,1H3. The number of hydrogen-bond acceptors (Lipinski definition) is 6. The van der Waals surface area contributed by atoms with Gasteiger partial charge in [0.1, 0.15) is 0 Å². The summed E-state index contributed by atoms with van der Waals surface area (Å²) in [5.41, 5.74) is 8.59. The predicted molar refractivity (Wildman–Crippen MR) is 130 cm³/mol. The van der Waals surface area contributed by atoms with Crippen LogP contribution in [0, 0.1) is 13.8 Å². The number of hydrogen-bond donors (Lipinski definition) is 3. The second kappa shape index (κ2) is 11.8. The van der Waals surface area contributed by atoms with Gasteiger partial charge in [0.15, 0.2) is 0 Å². The van der Waals surface area contributed by atoms with E-state index in [2.05, 4.69) is 82.7 Å². The third-order valence-corrected chi connectivity index (χ3v) is 6.73. The molecule has 2 atom stereocenters. The summed E-state index contributed by atoms with van der Waals surface area (Å²) in [5, 5.41) is 14.7. The number of aliphatic hydroxyl groups excluding tert-OH is 1. The van der Waals surface area contributed by atoms with Gasteiger partial charge in [0, 0.05) is 12.6 Å². The van der Waals surface area contributed by atoms with Crippen molar-refractivity contribution in [1.82, 2.24) is 10.0 Å². The molecule has 160 valence electrons. The van der Waals surface area contributed by atoms with Crippen LogP contribution in [-0.2, 0) is 12.8 Å². The molecule has 0 aromatic heterocycles. The SMILES string of the molecule is Cc1cccc2c1CCC2N=C=S.Cc1cccc2c1CCC2NCSNCCO. The molecule has 0 fully saturated rings. The van der Waals surface area contributed by atoms with Crippen molar-refractivity contribution in [2.45, 2.75) is 51.6 Å². The van der Waals surface area contributed by atoms with Crippen molar-refractivity contribution >= 4 is 29.3 Å². The average molecular weight is 442 g/mol. The van der Waals surface area contributed by atoms with Crippen LogP contribution in [0.4, 0.5) is 0 Å². The van der Waals surface area contributed by atoms with E-state index in [-0.39, 0.29) is 12.6 Å². The molecule has 2 aliphatic carbocycles. The third kappa shape index (κ3) is 5.79. The van der Waals surface area contributed by atoms with Gasteiger partial charge in [-0.1, -0.05) is 48.3 Å². The van der Waals surface area contributed by atoms with Crippen LogP contribution in [0.1, 0.15) is 58.3 Å². The summed E-state index contributed by atoms with van der Waals surface area (Å²) < 4.78 is 3.10. The van der Waals surface area contributed by atoms with E-state index in [1.165, 1.54) is 46.2 Å². The number of benzene rings is 2. The molecule has 2 unspecified atom stereocenters. The molecule has 30 heavy (non-hydrogen) atoms. The van der Waals surface area contributed by atoms with Crippen LogP contribution in [0.15, 0.2) is 41.4 Å². The highest BCUT2D eigenvalue weighted by Gasteiger charge is 2.23. The molecule has 4 rings (SSSR count). The summed E-state index contributed by atoms with van der Waals surface area (Å²) in [6.07, 6.45) is 4.60. The lowest BCUT2D eigenvalue weighted by Gasteiger charge is -2.14. The number of isothiocyanates is 1. The van der Waals surface area contributed by atoms with E-state index in [1.54, 1.807) is 11.9 Å². The van der Waals surface area contributed by atoms with Crippen molar-refractivity contribution in [3.8, 4) is 0 Å². The van der Waals surface area contributed by atoms with Crippen LogP contribution in [0.25, 0.3) is 0 Å². The van der Waals surface area contributed by atoms with Gasteiger partial charge in [-0.2, -0.15) is 0 Å². The number of rotatable bonds is 7. The molecule has 0 radical (unpaired) electrons. The molecule has 4 nitrogen and oxygen atoms in total. The van der Waals surface area contributed by atoms with Crippen LogP contribution >= 0.6 is 24.2 Å². The lowest BCUT2D eigenvalue weighted by atomic mass is 10.0. The fourth-order valence-corrected chi connectivity index (χ4v) is 5.12. The Bertz CT molecular complexity index is 896. The maximum atomic E-state index is 8.64. The molecule has 0 saturated heterocycles. The van der Waals surface area contributed by atoms with Gasteiger partial charge >= 0.3 is 0 Å². The highest BCUT2D eigenvalue weighted by atomic mass is 32.2. The zero-order valence-corrected chi connectivity index (χ0v) is 19.4. The molecule has 2 aliphatic rings. The average Bonchev–Trinajstić information content (AvgIpc) is 3.35. The molecule has 0 bridgehead atoms. The Hall–Kier alpha value is -1.53. The summed E-state index contributed by atoms with van der Waals surface area (Å²) in [6.45, 7) is 5.19. The van der Waals surface area contributed by atoms with Crippen molar-refractivity contribution in [3.63, 3.8) is 0 Å². The first-order valence-electron chi connectivity index (χ1n) is 10.6. The number of thiocarbonyl (C=S) groups is 1. The van der Waals surface area contributed by atoms with E-state index in [4.69, 9.17) is 5.11 Å². The van der Waals surface area contributed by atoms with Crippen molar-refractivity contribution in [1.29, 1.82) is 0 Å². The smallest absolute Gasteiger partial charge is 0.0858 e. The van der Waals surface area contributed by atoms with Crippen LogP contribution in [-0.4, -0.2) is 29.3 Å². The number of fused-ring (bicyclic) bond motifs is 2. The quantitative estimate of drug-likeness (QED) is 0.189. The Kier molecular flexibility index (Phi) is 9.06. The van der Waals surface area contributed by atoms with Crippen LogP contribution < -0.4 is 10.0 Å². The highest BCUT2D eigenvalue weighted by molar-refractivity contribution is 7.97. The van der Waals surface area contributed by atoms with Gasteiger partial charge in [0.05, 0.1) is 23.7 Å². The summed E-state index contributed by atoms with van der Waals surface area (Å²) >= 11 is 6.26. The maximum absolute atomic E-state index is 8.64. The highest BCUT2D eigenvalue weighted by Crippen LogP contribution is 2.35. The molecule has 0 aliphatic heterocycles. The fourth-order valence-electron chi connectivity index (χ4n) is 4.37. The van der Waals surface area contributed by atoms with E-state index in [9.17, 15) is 0 Å². The summed E-state index contributed by atoms with van der Waals surface area (Å²) in [5.74, 6) is 0.873. The Morgan fingerprint density at radius 1 is 1.07 bits per heavy atom. The molecule has 0 spiro atoms. The number of aliphatic hydroxyl groups is 1.